The lowest BCUT2D eigenvalue weighted by Gasteiger charge is -2.08. The molecule has 0 aliphatic rings. The van der Waals surface area contributed by atoms with Gasteiger partial charge in [-0.3, -0.25) is 4.40 Å². The molecule has 0 saturated carbocycles. The van der Waals surface area contributed by atoms with Crippen molar-refractivity contribution in [2.45, 2.75) is 13.3 Å². The van der Waals surface area contributed by atoms with Gasteiger partial charge in [-0.15, -0.1) is 10.2 Å². The third-order valence-electron chi connectivity index (χ3n) is 3.14. The zero-order valence-electron chi connectivity index (χ0n) is 11.6. The number of pyridine rings is 1. The first-order valence-corrected chi connectivity index (χ1v) is 6.71. The summed E-state index contributed by atoms with van der Waals surface area (Å²) in [5, 5.41) is 13.3. The van der Waals surface area contributed by atoms with Crippen LogP contribution in [0.2, 0.25) is 0 Å². The molecule has 106 valence electrons. The lowest BCUT2D eigenvalue weighted by Crippen LogP contribution is -2.19. The van der Waals surface area contributed by atoms with Crippen LogP contribution in [0.5, 0.6) is 0 Å². The molecule has 6 heteroatoms. The molecule has 0 spiro atoms. The molecule has 0 aliphatic carbocycles. The molecule has 0 radical (unpaired) electrons. The molecule has 6 nitrogen and oxygen atoms in total. The number of nitrogens with one attached hydrogen (secondary N) is 2. The van der Waals surface area contributed by atoms with Crippen LogP contribution in [0.25, 0.3) is 5.65 Å². The zero-order valence-corrected chi connectivity index (χ0v) is 11.6. The van der Waals surface area contributed by atoms with Crippen LogP contribution in [0, 0.1) is 0 Å². The molecule has 2 aromatic heterocycles. The normalized spacial score (nSPS) is 10.5. The molecule has 2 amide bonds. The largest absolute Gasteiger partial charge is 0.323 e. The SMILES string of the molecule is CCc1cccc(NC(=O)Nc2ccc3nncn3c2)c1. The van der Waals surface area contributed by atoms with Crippen molar-refractivity contribution in [3.05, 3.63) is 54.5 Å². The van der Waals surface area contributed by atoms with Crippen LogP contribution in [-0.4, -0.2) is 20.6 Å². The van der Waals surface area contributed by atoms with Crippen LogP contribution in [0.1, 0.15) is 12.5 Å². The van der Waals surface area contributed by atoms with Crippen molar-refractivity contribution >= 4 is 23.1 Å². The second-order valence-corrected chi connectivity index (χ2v) is 4.65. The highest BCUT2D eigenvalue weighted by Crippen LogP contribution is 2.13. The summed E-state index contributed by atoms with van der Waals surface area (Å²) in [6.07, 6.45) is 4.28. The number of aryl methyl sites for hydroxylation is 1. The fourth-order valence-electron chi connectivity index (χ4n) is 2.06. The molecule has 2 N–H and O–H groups in total. The van der Waals surface area contributed by atoms with Gasteiger partial charge in [0.2, 0.25) is 0 Å². The monoisotopic (exact) mass is 281 g/mol. The van der Waals surface area contributed by atoms with Gasteiger partial charge in [0.1, 0.15) is 6.33 Å². The van der Waals surface area contributed by atoms with E-state index >= 15 is 0 Å². The third kappa shape index (κ3) is 3.00. The zero-order chi connectivity index (χ0) is 14.7. The molecule has 1 aromatic carbocycles. The Morgan fingerprint density at radius 3 is 2.90 bits per heavy atom. The highest BCUT2D eigenvalue weighted by Gasteiger charge is 2.04. The van der Waals surface area contributed by atoms with E-state index in [4.69, 9.17) is 0 Å². The molecule has 3 rings (SSSR count). The maximum Gasteiger partial charge on any atom is 0.323 e. The number of hydrogen-bond donors (Lipinski definition) is 2. The van der Waals surface area contributed by atoms with Crippen molar-refractivity contribution in [1.29, 1.82) is 0 Å². The van der Waals surface area contributed by atoms with Crippen LogP contribution >= 0.6 is 0 Å². The van der Waals surface area contributed by atoms with Crippen molar-refractivity contribution in [1.82, 2.24) is 14.6 Å². The summed E-state index contributed by atoms with van der Waals surface area (Å²) in [6, 6.07) is 11.1. The fourth-order valence-corrected chi connectivity index (χ4v) is 2.06. The molecular weight excluding hydrogens is 266 g/mol. The average molecular weight is 281 g/mol. The number of carbonyl (C=O) groups is 1. The molecule has 0 fully saturated rings. The van der Waals surface area contributed by atoms with Gasteiger partial charge in [0.05, 0.1) is 5.69 Å². The molecule has 3 aromatic rings. The van der Waals surface area contributed by atoms with Gasteiger partial charge in [-0.25, -0.2) is 4.79 Å². The lowest BCUT2D eigenvalue weighted by molar-refractivity contribution is 0.262. The third-order valence-corrected chi connectivity index (χ3v) is 3.14. The maximum atomic E-state index is 12.0. The van der Waals surface area contributed by atoms with Crippen molar-refractivity contribution in [2.75, 3.05) is 10.6 Å². The lowest BCUT2D eigenvalue weighted by atomic mass is 10.1. The summed E-state index contributed by atoms with van der Waals surface area (Å²) in [5.41, 5.74) is 3.36. The van der Waals surface area contributed by atoms with Crippen molar-refractivity contribution in [3.63, 3.8) is 0 Å². The Balaban J connectivity index is 1.70. The summed E-state index contributed by atoms with van der Waals surface area (Å²) in [7, 11) is 0. The van der Waals surface area contributed by atoms with Crippen LogP contribution in [-0.2, 0) is 6.42 Å². The Labute approximate surface area is 121 Å². The number of amides is 2. The van der Waals surface area contributed by atoms with Crippen LogP contribution in [0.15, 0.2) is 48.9 Å². The standard InChI is InChI=1S/C15H15N5O/c1-2-11-4-3-5-12(8-11)17-15(21)18-13-6-7-14-19-16-10-20(14)9-13/h3-10H,2H2,1H3,(H2,17,18,21). The van der Waals surface area contributed by atoms with E-state index in [0.29, 0.717) is 5.69 Å². The molecular formula is C15H15N5O. The Kier molecular flexibility index (Phi) is 3.51. The van der Waals surface area contributed by atoms with E-state index in [9.17, 15) is 4.79 Å². The summed E-state index contributed by atoms with van der Waals surface area (Å²) in [5.74, 6) is 0. The number of carbonyl (C=O) groups excluding carboxylic acids is 1. The summed E-state index contributed by atoms with van der Waals surface area (Å²) in [6.45, 7) is 2.08. The molecule has 0 saturated heterocycles. The molecule has 0 unspecified atom stereocenters. The van der Waals surface area contributed by atoms with Crippen LogP contribution in [0.3, 0.4) is 0 Å². The predicted octanol–water partition coefficient (Wildman–Crippen LogP) is 2.94. The quantitative estimate of drug-likeness (QED) is 0.775. The van der Waals surface area contributed by atoms with E-state index < -0.39 is 0 Å². The summed E-state index contributed by atoms with van der Waals surface area (Å²) < 4.78 is 1.74. The number of benzene rings is 1. The fraction of sp³-hybridized carbons (Fsp3) is 0.133. The molecule has 2 heterocycles. The summed E-state index contributed by atoms with van der Waals surface area (Å²) in [4.78, 5) is 12.0. The second-order valence-electron chi connectivity index (χ2n) is 4.65. The topological polar surface area (TPSA) is 71.3 Å². The van der Waals surface area contributed by atoms with Gasteiger partial charge >= 0.3 is 6.03 Å². The van der Waals surface area contributed by atoms with E-state index in [0.717, 1.165) is 17.8 Å². The first-order chi connectivity index (χ1) is 10.2. The van der Waals surface area contributed by atoms with Gasteiger partial charge in [0, 0.05) is 11.9 Å². The van der Waals surface area contributed by atoms with E-state index in [-0.39, 0.29) is 6.03 Å². The molecule has 21 heavy (non-hydrogen) atoms. The minimum atomic E-state index is -0.282. The Morgan fingerprint density at radius 2 is 2.05 bits per heavy atom. The van der Waals surface area contributed by atoms with Gasteiger partial charge in [-0.1, -0.05) is 19.1 Å². The number of aromatic nitrogens is 3. The first kappa shape index (κ1) is 13.1. The predicted molar refractivity (Wildman–Crippen MR) is 81.4 cm³/mol. The molecule has 0 bridgehead atoms. The van der Waals surface area contributed by atoms with Gasteiger partial charge in [-0.2, -0.15) is 0 Å². The Hall–Kier alpha value is -2.89. The number of rotatable bonds is 3. The smallest absolute Gasteiger partial charge is 0.308 e. The summed E-state index contributed by atoms with van der Waals surface area (Å²) >= 11 is 0. The maximum absolute atomic E-state index is 12.0. The Bertz CT molecular complexity index is 780. The van der Waals surface area contributed by atoms with Crippen LogP contribution < -0.4 is 10.6 Å². The second kappa shape index (κ2) is 5.62. The van der Waals surface area contributed by atoms with Gasteiger partial charge in [0.25, 0.3) is 0 Å². The van der Waals surface area contributed by atoms with E-state index in [1.54, 1.807) is 29.1 Å². The Morgan fingerprint density at radius 1 is 1.19 bits per heavy atom. The minimum absolute atomic E-state index is 0.282. The van der Waals surface area contributed by atoms with E-state index in [1.807, 2.05) is 24.3 Å². The average Bonchev–Trinajstić information content (AvgIpc) is 2.95. The van der Waals surface area contributed by atoms with Crippen LogP contribution in [0.4, 0.5) is 16.2 Å². The molecule has 0 aliphatic heterocycles. The van der Waals surface area contributed by atoms with Crippen molar-refractivity contribution < 1.29 is 4.79 Å². The number of nitrogens with zero attached hydrogens (tertiary/aromatic N) is 3. The first-order valence-electron chi connectivity index (χ1n) is 6.71. The number of urea groups is 1. The highest BCUT2D eigenvalue weighted by atomic mass is 16.2. The van der Waals surface area contributed by atoms with E-state index in [2.05, 4.69) is 27.8 Å². The van der Waals surface area contributed by atoms with Gasteiger partial charge < -0.3 is 10.6 Å². The van der Waals surface area contributed by atoms with E-state index in [1.165, 1.54) is 5.56 Å². The number of hydrogen-bond acceptors (Lipinski definition) is 3. The number of anilines is 2. The van der Waals surface area contributed by atoms with Crippen molar-refractivity contribution in [3.8, 4) is 0 Å². The van der Waals surface area contributed by atoms with Crippen molar-refractivity contribution in [2.24, 2.45) is 0 Å². The van der Waals surface area contributed by atoms with Gasteiger partial charge in [-0.05, 0) is 36.2 Å². The highest BCUT2D eigenvalue weighted by molar-refractivity contribution is 5.99. The van der Waals surface area contributed by atoms with Gasteiger partial charge in [0.15, 0.2) is 5.65 Å². The number of fused-ring (bicyclic) bond motifs is 1. The molecule has 0 atom stereocenters. The minimum Gasteiger partial charge on any atom is -0.308 e.